The van der Waals surface area contributed by atoms with Gasteiger partial charge < -0.3 is 11.1 Å². The van der Waals surface area contributed by atoms with Gasteiger partial charge in [-0.05, 0) is 37.5 Å². The number of nitrogens with one attached hydrogen (secondary N) is 1. The van der Waals surface area contributed by atoms with Crippen molar-refractivity contribution in [3.63, 3.8) is 0 Å². The molecule has 80 valence electrons. The summed E-state index contributed by atoms with van der Waals surface area (Å²) in [5.41, 5.74) is 6.75. The summed E-state index contributed by atoms with van der Waals surface area (Å²) in [6, 6.07) is 2.90. The monoisotopic (exact) mass is 208 g/mol. The van der Waals surface area contributed by atoms with Crippen LogP contribution in [0.4, 0.5) is 10.1 Å². The van der Waals surface area contributed by atoms with Gasteiger partial charge in [-0.1, -0.05) is 0 Å². The van der Waals surface area contributed by atoms with Crippen LogP contribution in [0.2, 0.25) is 0 Å². The number of aryl methyl sites for hydroxylation is 1. The molecule has 1 fully saturated rings. The van der Waals surface area contributed by atoms with Crippen LogP contribution in [0.5, 0.6) is 0 Å². The van der Waals surface area contributed by atoms with Crippen molar-refractivity contribution in [3.8, 4) is 0 Å². The summed E-state index contributed by atoms with van der Waals surface area (Å²) in [5.74, 6) is -0.887. The second-order valence-electron chi connectivity index (χ2n) is 3.94. The van der Waals surface area contributed by atoms with Crippen molar-refractivity contribution in [2.24, 2.45) is 0 Å². The van der Waals surface area contributed by atoms with Gasteiger partial charge >= 0.3 is 0 Å². The van der Waals surface area contributed by atoms with Gasteiger partial charge in [0.05, 0.1) is 5.56 Å². The van der Waals surface area contributed by atoms with E-state index in [9.17, 15) is 9.18 Å². The third-order valence-electron chi connectivity index (χ3n) is 2.51. The number of hydrogen-bond acceptors (Lipinski definition) is 2. The third-order valence-corrected chi connectivity index (χ3v) is 2.51. The highest BCUT2D eigenvalue weighted by Gasteiger charge is 2.25. The van der Waals surface area contributed by atoms with Crippen molar-refractivity contribution >= 4 is 11.6 Å². The molecule has 1 saturated carbocycles. The molecule has 0 atom stereocenters. The van der Waals surface area contributed by atoms with E-state index in [-0.39, 0.29) is 17.5 Å². The highest BCUT2D eigenvalue weighted by atomic mass is 19.1. The molecule has 0 unspecified atom stereocenters. The molecular weight excluding hydrogens is 195 g/mol. The van der Waals surface area contributed by atoms with E-state index in [1.807, 2.05) is 0 Å². The van der Waals surface area contributed by atoms with Crippen LogP contribution in [-0.2, 0) is 0 Å². The first kappa shape index (κ1) is 9.96. The molecule has 15 heavy (non-hydrogen) atoms. The maximum atomic E-state index is 13.4. The van der Waals surface area contributed by atoms with E-state index in [0.29, 0.717) is 11.3 Å². The summed E-state index contributed by atoms with van der Waals surface area (Å²) in [5, 5.41) is 2.72. The maximum Gasteiger partial charge on any atom is 0.254 e. The molecule has 0 aromatic heterocycles. The van der Waals surface area contributed by atoms with Gasteiger partial charge in [-0.25, -0.2) is 4.39 Å². The Bertz CT molecular complexity index is 413. The van der Waals surface area contributed by atoms with Crippen molar-refractivity contribution in [1.29, 1.82) is 0 Å². The standard InChI is InChI=1S/C11H13FN2O/c1-6-4-9(12)8(5-10(6)13)11(15)14-7-2-3-7/h4-5,7H,2-3,13H2,1H3,(H,14,15). The number of halogens is 1. The van der Waals surface area contributed by atoms with E-state index in [4.69, 9.17) is 5.73 Å². The average Bonchev–Trinajstić information content (AvgIpc) is 2.95. The highest BCUT2D eigenvalue weighted by molar-refractivity contribution is 5.95. The largest absolute Gasteiger partial charge is 0.398 e. The van der Waals surface area contributed by atoms with E-state index < -0.39 is 5.82 Å². The van der Waals surface area contributed by atoms with Gasteiger partial charge in [0.2, 0.25) is 0 Å². The quantitative estimate of drug-likeness (QED) is 0.725. The van der Waals surface area contributed by atoms with E-state index in [0.717, 1.165) is 12.8 Å². The number of benzene rings is 1. The van der Waals surface area contributed by atoms with Crippen molar-refractivity contribution < 1.29 is 9.18 Å². The maximum absolute atomic E-state index is 13.4. The molecule has 1 aromatic carbocycles. The summed E-state index contributed by atoms with van der Waals surface area (Å²) in [7, 11) is 0. The molecule has 4 heteroatoms. The fourth-order valence-electron chi connectivity index (χ4n) is 1.35. The van der Waals surface area contributed by atoms with Crippen molar-refractivity contribution in [2.45, 2.75) is 25.8 Å². The molecule has 1 aliphatic rings. The molecule has 0 saturated heterocycles. The minimum absolute atomic E-state index is 0.0324. The molecule has 0 radical (unpaired) electrons. The lowest BCUT2D eigenvalue weighted by atomic mass is 10.1. The van der Waals surface area contributed by atoms with E-state index in [1.165, 1.54) is 12.1 Å². The molecule has 2 rings (SSSR count). The molecule has 0 bridgehead atoms. The summed E-state index contributed by atoms with van der Waals surface area (Å²) >= 11 is 0. The number of rotatable bonds is 2. The summed E-state index contributed by atoms with van der Waals surface area (Å²) in [6.07, 6.45) is 1.96. The lowest BCUT2D eigenvalue weighted by molar-refractivity contribution is 0.0947. The smallest absolute Gasteiger partial charge is 0.254 e. The Kier molecular flexibility index (Phi) is 2.34. The Labute approximate surface area is 87.5 Å². The predicted molar refractivity (Wildman–Crippen MR) is 56.0 cm³/mol. The van der Waals surface area contributed by atoms with Crippen LogP contribution in [-0.4, -0.2) is 11.9 Å². The van der Waals surface area contributed by atoms with E-state index in [2.05, 4.69) is 5.32 Å². The zero-order valence-electron chi connectivity index (χ0n) is 8.51. The predicted octanol–water partition coefficient (Wildman–Crippen LogP) is 1.61. The minimum Gasteiger partial charge on any atom is -0.398 e. The summed E-state index contributed by atoms with van der Waals surface area (Å²) in [6.45, 7) is 1.71. The number of carbonyl (C=O) groups excluding carboxylic acids is 1. The molecular formula is C11H13FN2O. The fraction of sp³-hybridized carbons (Fsp3) is 0.364. The number of nitrogen functional groups attached to an aromatic ring is 1. The first-order chi connectivity index (χ1) is 7.08. The molecule has 3 N–H and O–H groups in total. The number of amides is 1. The number of nitrogens with two attached hydrogens (primary N) is 1. The highest BCUT2D eigenvalue weighted by Crippen LogP contribution is 2.21. The van der Waals surface area contributed by atoms with Crippen LogP contribution in [0.3, 0.4) is 0 Å². The number of carbonyl (C=O) groups is 1. The first-order valence-corrected chi connectivity index (χ1v) is 4.94. The van der Waals surface area contributed by atoms with Gasteiger partial charge in [0, 0.05) is 11.7 Å². The second kappa shape index (κ2) is 3.53. The lowest BCUT2D eigenvalue weighted by Gasteiger charge is -2.07. The average molecular weight is 208 g/mol. The van der Waals surface area contributed by atoms with Crippen LogP contribution in [0.15, 0.2) is 12.1 Å². The van der Waals surface area contributed by atoms with Crippen LogP contribution in [0, 0.1) is 12.7 Å². The van der Waals surface area contributed by atoms with Crippen molar-refractivity contribution in [3.05, 3.63) is 29.1 Å². The molecule has 0 heterocycles. The third kappa shape index (κ3) is 2.09. The topological polar surface area (TPSA) is 55.1 Å². The Balaban J connectivity index is 2.25. The zero-order valence-corrected chi connectivity index (χ0v) is 8.51. The fourth-order valence-corrected chi connectivity index (χ4v) is 1.35. The Morgan fingerprint density at radius 2 is 2.20 bits per heavy atom. The van der Waals surface area contributed by atoms with Crippen LogP contribution in [0.1, 0.15) is 28.8 Å². The first-order valence-electron chi connectivity index (χ1n) is 4.94. The van der Waals surface area contributed by atoms with Crippen molar-refractivity contribution in [2.75, 3.05) is 5.73 Å². The zero-order chi connectivity index (χ0) is 11.0. The Morgan fingerprint density at radius 3 is 2.80 bits per heavy atom. The van der Waals surface area contributed by atoms with Crippen LogP contribution >= 0.6 is 0 Å². The molecule has 0 spiro atoms. The van der Waals surface area contributed by atoms with Crippen LogP contribution in [0.25, 0.3) is 0 Å². The van der Waals surface area contributed by atoms with Gasteiger partial charge in [0.1, 0.15) is 5.82 Å². The van der Waals surface area contributed by atoms with Gasteiger partial charge in [-0.3, -0.25) is 4.79 Å². The number of hydrogen-bond donors (Lipinski definition) is 2. The lowest BCUT2D eigenvalue weighted by Crippen LogP contribution is -2.26. The van der Waals surface area contributed by atoms with Gasteiger partial charge in [-0.2, -0.15) is 0 Å². The van der Waals surface area contributed by atoms with E-state index in [1.54, 1.807) is 6.92 Å². The van der Waals surface area contributed by atoms with E-state index >= 15 is 0 Å². The van der Waals surface area contributed by atoms with Crippen LogP contribution < -0.4 is 11.1 Å². The summed E-state index contributed by atoms with van der Waals surface area (Å²) in [4.78, 5) is 11.6. The summed E-state index contributed by atoms with van der Waals surface area (Å²) < 4.78 is 13.4. The Morgan fingerprint density at radius 1 is 1.53 bits per heavy atom. The van der Waals surface area contributed by atoms with Gasteiger partial charge in [0.15, 0.2) is 0 Å². The normalized spacial score (nSPS) is 15.1. The van der Waals surface area contributed by atoms with Gasteiger partial charge in [0.25, 0.3) is 5.91 Å². The molecule has 1 amide bonds. The Hall–Kier alpha value is -1.58. The molecule has 0 aliphatic heterocycles. The SMILES string of the molecule is Cc1cc(F)c(C(=O)NC2CC2)cc1N. The minimum atomic E-state index is -0.514. The van der Waals surface area contributed by atoms with Gasteiger partial charge in [-0.15, -0.1) is 0 Å². The molecule has 1 aliphatic carbocycles. The molecule has 1 aromatic rings. The second-order valence-corrected chi connectivity index (χ2v) is 3.94. The van der Waals surface area contributed by atoms with Crippen molar-refractivity contribution in [1.82, 2.24) is 5.32 Å². The number of anilines is 1. The molecule has 3 nitrogen and oxygen atoms in total.